The van der Waals surface area contributed by atoms with Crippen molar-refractivity contribution in [3.63, 3.8) is 0 Å². The summed E-state index contributed by atoms with van der Waals surface area (Å²) in [5, 5.41) is 0. The van der Waals surface area contributed by atoms with Crippen molar-refractivity contribution in [1.82, 2.24) is 0 Å². The quantitative estimate of drug-likeness (QED) is 0.855. The zero-order valence-corrected chi connectivity index (χ0v) is 11.6. The Balaban J connectivity index is 2.48. The van der Waals surface area contributed by atoms with Gasteiger partial charge in [0.05, 0.1) is 5.69 Å². The zero-order chi connectivity index (χ0) is 15.8. The van der Waals surface area contributed by atoms with Crippen molar-refractivity contribution >= 4 is 21.4 Å². The lowest BCUT2D eigenvalue weighted by atomic mass is 10.2. The summed E-state index contributed by atoms with van der Waals surface area (Å²) in [5.41, 5.74) is 5.29. The Bertz CT molecular complexity index is 784. The predicted molar refractivity (Wildman–Crippen MR) is 72.7 cm³/mol. The number of hydrogen-bond acceptors (Lipinski definition) is 3. The largest absolute Gasteiger partial charge is 0.399 e. The summed E-state index contributed by atoms with van der Waals surface area (Å²) in [4.78, 5) is -1.14. The van der Waals surface area contributed by atoms with E-state index in [2.05, 4.69) is 0 Å². The van der Waals surface area contributed by atoms with Gasteiger partial charge in [0.1, 0.15) is 17.5 Å². The second-order valence-corrected chi connectivity index (χ2v) is 6.00. The lowest BCUT2D eigenvalue weighted by molar-refractivity contribution is 0.522. The van der Waals surface area contributed by atoms with Crippen molar-refractivity contribution in [1.29, 1.82) is 0 Å². The number of rotatable bonds is 3. The molecule has 0 saturated carbocycles. The number of nitrogens with two attached hydrogens (primary N) is 1. The Morgan fingerprint density at radius 1 is 1.05 bits per heavy atom. The second-order valence-electron chi connectivity index (χ2n) is 4.38. The van der Waals surface area contributed by atoms with Crippen LogP contribution in [0, 0.1) is 24.4 Å². The Morgan fingerprint density at radius 3 is 2.14 bits per heavy atom. The number of nitrogen functional groups attached to an aromatic ring is 1. The molecule has 112 valence electrons. The minimum Gasteiger partial charge on any atom is -0.399 e. The van der Waals surface area contributed by atoms with Gasteiger partial charge in [-0.15, -0.1) is 0 Å². The van der Waals surface area contributed by atoms with Crippen LogP contribution >= 0.6 is 0 Å². The summed E-state index contributed by atoms with van der Waals surface area (Å²) in [6.45, 7) is 1.45. The van der Waals surface area contributed by atoms with Crippen LogP contribution in [0.4, 0.5) is 24.5 Å². The van der Waals surface area contributed by atoms with E-state index in [4.69, 9.17) is 5.73 Å². The molecule has 0 aliphatic carbocycles. The van der Waals surface area contributed by atoms with Crippen LogP contribution in [0.3, 0.4) is 0 Å². The van der Waals surface area contributed by atoms with E-state index in [0.29, 0.717) is 12.1 Å². The van der Waals surface area contributed by atoms with E-state index in [-0.39, 0.29) is 16.9 Å². The third kappa shape index (κ3) is 3.10. The van der Waals surface area contributed by atoms with Gasteiger partial charge in [0.25, 0.3) is 10.0 Å². The van der Waals surface area contributed by atoms with Crippen LogP contribution < -0.4 is 10.5 Å². The van der Waals surface area contributed by atoms with Gasteiger partial charge in [0.15, 0.2) is 4.90 Å². The molecule has 3 N–H and O–H groups in total. The van der Waals surface area contributed by atoms with Crippen LogP contribution in [0.2, 0.25) is 0 Å². The van der Waals surface area contributed by atoms with Gasteiger partial charge in [0.2, 0.25) is 0 Å². The minimum atomic E-state index is -4.50. The summed E-state index contributed by atoms with van der Waals surface area (Å²) >= 11 is 0. The van der Waals surface area contributed by atoms with E-state index in [1.54, 1.807) is 0 Å². The fourth-order valence-corrected chi connectivity index (χ4v) is 3.03. The standard InChI is InChI=1S/C13H11F3N2O2S/c1-7-4-8(14)2-3-12(7)18-21(19,20)13-10(15)5-9(17)6-11(13)16/h2-6,18H,17H2,1H3. The molecule has 0 spiro atoms. The number of sulfonamides is 1. The highest BCUT2D eigenvalue weighted by atomic mass is 32.2. The van der Waals surface area contributed by atoms with E-state index >= 15 is 0 Å². The monoisotopic (exact) mass is 316 g/mol. The average Bonchev–Trinajstić information content (AvgIpc) is 2.30. The molecule has 8 heteroatoms. The normalized spacial score (nSPS) is 11.4. The first-order valence-corrected chi connectivity index (χ1v) is 7.22. The summed E-state index contributed by atoms with van der Waals surface area (Å²) < 4.78 is 66.5. The highest BCUT2D eigenvalue weighted by molar-refractivity contribution is 7.92. The smallest absolute Gasteiger partial charge is 0.267 e. The Morgan fingerprint density at radius 2 is 1.62 bits per heavy atom. The molecule has 21 heavy (non-hydrogen) atoms. The summed E-state index contributed by atoms with van der Waals surface area (Å²) in [6, 6.07) is 4.69. The Hall–Kier alpha value is -2.22. The van der Waals surface area contributed by atoms with Crippen molar-refractivity contribution in [3.8, 4) is 0 Å². The van der Waals surface area contributed by atoms with Crippen LogP contribution in [0.1, 0.15) is 5.56 Å². The summed E-state index contributed by atoms with van der Waals surface area (Å²) in [5.74, 6) is -3.17. The highest BCUT2D eigenvalue weighted by Gasteiger charge is 2.25. The molecule has 2 aromatic carbocycles. The molecule has 0 atom stereocenters. The highest BCUT2D eigenvalue weighted by Crippen LogP contribution is 2.25. The van der Waals surface area contributed by atoms with Gasteiger partial charge in [-0.3, -0.25) is 4.72 Å². The molecule has 0 radical (unpaired) electrons. The van der Waals surface area contributed by atoms with Crippen molar-refractivity contribution in [2.45, 2.75) is 11.8 Å². The Kier molecular flexibility index (Phi) is 3.82. The van der Waals surface area contributed by atoms with Crippen LogP contribution in [-0.2, 0) is 10.0 Å². The molecular weight excluding hydrogens is 305 g/mol. The number of halogens is 3. The lowest BCUT2D eigenvalue weighted by Gasteiger charge is -2.12. The fourth-order valence-electron chi connectivity index (χ4n) is 1.77. The predicted octanol–water partition coefficient (Wildman–Crippen LogP) is 2.80. The van der Waals surface area contributed by atoms with Crippen LogP contribution in [0.5, 0.6) is 0 Å². The zero-order valence-electron chi connectivity index (χ0n) is 10.8. The van der Waals surface area contributed by atoms with Crippen molar-refractivity contribution in [3.05, 3.63) is 53.3 Å². The van der Waals surface area contributed by atoms with Crippen molar-refractivity contribution in [2.75, 3.05) is 10.5 Å². The number of aryl methyl sites for hydroxylation is 1. The first-order chi connectivity index (χ1) is 9.70. The number of hydrogen-bond donors (Lipinski definition) is 2. The molecule has 2 aromatic rings. The molecule has 0 heterocycles. The van der Waals surface area contributed by atoms with E-state index in [1.165, 1.54) is 6.92 Å². The van der Waals surface area contributed by atoms with E-state index in [1.807, 2.05) is 4.72 Å². The molecule has 0 amide bonds. The maximum Gasteiger partial charge on any atom is 0.267 e. The SMILES string of the molecule is Cc1cc(F)ccc1NS(=O)(=O)c1c(F)cc(N)cc1F. The summed E-state index contributed by atoms with van der Waals surface area (Å²) in [6.07, 6.45) is 0. The summed E-state index contributed by atoms with van der Waals surface area (Å²) in [7, 11) is -4.50. The van der Waals surface area contributed by atoms with E-state index < -0.39 is 32.4 Å². The molecule has 2 rings (SSSR count). The average molecular weight is 316 g/mol. The maximum atomic E-state index is 13.7. The Labute approximate surface area is 119 Å². The van der Waals surface area contributed by atoms with E-state index in [0.717, 1.165) is 18.2 Å². The first kappa shape index (κ1) is 15.2. The van der Waals surface area contributed by atoms with Gasteiger partial charge < -0.3 is 5.73 Å². The molecule has 0 saturated heterocycles. The molecule has 0 unspecified atom stereocenters. The minimum absolute atomic E-state index is 0.0204. The molecule has 0 aromatic heterocycles. The van der Waals surface area contributed by atoms with Gasteiger partial charge in [-0.2, -0.15) is 0 Å². The fraction of sp³-hybridized carbons (Fsp3) is 0.0769. The van der Waals surface area contributed by atoms with Gasteiger partial charge in [-0.25, -0.2) is 21.6 Å². The van der Waals surface area contributed by atoms with Gasteiger partial charge >= 0.3 is 0 Å². The van der Waals surface area contributed by atoms with Crippen molar-refractivity contribution < 1.29 is 21.6 Å². The third-order valence-corrected chi connectivity index (χ3v) is 4.14. The second kappa shape index (κ2) is 5.28. The third-order valence-electron chi connectivity index (χ3n) is 2.72. The molecular formula is C13H11F3N2O2S. The van der Waals surface area contributed by atoms with Crippen LogP contribution in [0.25, 0.3) is 0 Å². The van der Waals surface area contributed by atoms with Gasteiger partial charge in [-0.1, -0.05) is 0 Å². The number of anilines is 2. The molecule has 0 aliphatic rings. The number of nitrogens with one attached hydrogen (secondary N) is 1. The molecule has 0 aliphatic heterocycles. The maximum absolute atomic E-state index is 13.7. The molecule has 4 nitrogen and oxygen atoms in total. The number of benzene rings is 2. The van der Waals surface area contributed by atoms with Crippen molar-refractivity contribution in [2.24, 2.45) is 0 Å². The van der Waals surface area contributed by atoms with Gasteiger partial charge in [-0.05, 0) is 42.8 Å². The molecule has 0 bridgehead atoms. The van der Waals surface area contributed by atoms with Gasteiger partial charge in [0, 0.05) is 5.69 Å². The topological polar surface area (TPSA) is 72.2 Å². The van der Waals surface area contributed by atoms with E-state index in [9.17, 15) is 21.6 Å². The van der Waals surface area contributed by atoms with Crippen LogP contribution in [0.15, 0.2) is 35.2 Å². The molecule has 0 fully saturated rings. The first-order valence-electron chi connectivity index (χ1n) is 5.74. The lowest BCUT2D eigenvalue weighted by Crippen LogP contribution is -2.17. The van der Waals surface area contributed by atoms with Crippen LogP contribution in [-0.4, -0.2) is 8.42 Å².